The maximum Gasteiger partial charge on any atom is 0.270 e. The van der Waals surface area contributed by atoms with E-state index in [0.717, 1.165) is 44.5 Å². The Morgan fingerprint density at radius 1 is 0.425 bits per heavy atom. The number of aliphatic imine (C=N–C) groups is 2. The number of rotatable bonds is 4. The molecule has 0 heterocycles. The molecule has 8 nitrogen and oxygen atoms in total. The molecule has 0 saturated heterocycles. The van der Waals surface area contributed by atoms with Gasteiger partial charge in [-0.2, -0.15) is 0 Å². The summed E-state index contributed by atoms with van der Waals surface area (Å²) in [5.41, 5.74) is 9.83. The van der Waals surface area contributed by atoms with Gasteiger partial charge in [0.1, 0.15) is 0 Å². The molecule has 0 aromatic heterocycles. The Morgan fingerprint density at radius 3 is 1.15 bits per heavy atom. The summed E-state index contributed by atoms with van der Waals surface area (Å²) in [4.78, 5) is 31.9. The van der Waals surface area contributed by atoms with Crippen molar-refractivity contribution in [2.24, 2.45) is 9.98 Å². The first-order valence-electron chi connectivity index (χ1n) is 12.5. The standard InChI is InChI=1S/C32H18N4O4/c37-35(38)21-13-15-25-23-5-1-3-7-27(23)31(29(25)17-21)33-19-9-11-20(12-10-19)34-32-28-8-4-2-6-24(28)26-16-14-22(36(39)40)18-30(26)32/h1-18H. The van der Waals surface area contributed by atoms with Crippen molar-refractivity contribution in [2.75, 3.05) is 0 Å². The van der Waals surface area contributed by atoms with Crippen molar-refractivity contribution in [3.63, 3.8) is 0 Å². The van der Waals surface area contributed by atoms with Crippen molar-refractivity contribution in [3.8, 4) is 22.3 Å². The molecule has 5 aromatic carbocycles. The fourth-order valence-electron chi connectivity index (χ4n) is 5.39. The molecule has 190 valence electrons. The topological polar surface area (TPSA) is 111 Å². The van der Waals surface area contributed by atoms with Crippen molar-refractivity contribution < 1.29 is 9.85 Å². The van der Waals surface area contributed by atoms with Crippen LogP contribution in [0.2, 0.25) is 0 Å². The van der Waals surface area contributed by atoms with Gasteiger partial charge in [-0.05, 0) is 58.7 Å². The number of hydrogen-bond acceptors (Lipinski definition) is 6. The van der Waals surface area contributed by atoms with Gasteiger partial charge in [0.15, 0.2) is 0 Å². The van der Waals surface area contributed by atoms with Gasteiger partial charge in [-0.15, -0.1) is 0 Å². The SMILES string of the molecule is O=[N+]([O-])c1ccc2c(c1)C(=Nc1ccc(N=C3c4ccccc4-c4ccc([N+](=O)[O-])cc43)cc1)c1ccccc1-2. The Morgan fingerprint density at radius 2 is 0.775 bits per heavy atom. The number of nitro benzene ring substituents is 2. The molecule has 0 N–H and O–H groups in total. The quantitative estimate of drug-likeness (QED) is 0.173. The van der Waals surface area contributed by atoms with E-state index in [1.807, 2.05) is 72.8 Å². The predicted octanol–water partition coefficient (Wildman–Crippen LogP) is 7.80. The molecule has 0 amide bonds. The van der Waals surface area contributed by atoms with Crippen LogP contribution < -0.4 is 0 Å². The lowest BCUT2D eigenvalue weighted by atomic mass is 10.1. The van der Waals surface area contributed by atoms with Gasteiger partial charge in [0, 0.05) is 46.5 Å². The van der Waals surface area contributed by atoms with E-state index < -0.39 is 9.85 Å². The monoisotopic (exact) mass is 522 g/mol. The molecule has 0 saturated carbocycles. The zero-order chi connectivity index (χ0) is 27.4. The summed E-state index contributed by atoms with van der Waals surface area (Å²) >= 11 is 0. The van der Waals surface area contributed by atoms with Crippen LogP contribution >= 0.6 is 0 Å². The third kappa shape index (κ3) is 3.70. The smallest absolute Gasteiger partial charge is 0.258 e. The van der Waals surface area contributed by atoms with Crippen LogP contribution in [-0.2, 0) is 0 Å². The first-order valence-corrected chi connectivity index (χ1v) is 12.5. The lowest BCUT2D eigenvalue weighted by Crippen LogP contribution is -1.99. The van der Waals surface area contributed by atoms with Crippen LogP contribution in [0, 0.1) is 20.2 Å². The van der Waals surface area contributed by atoms with Crippen LogP contribution in [0.1, 0.15) is 22.3 Å². The number of non-ortho nitro benzene ring substituents is 2. The minimum atomic E-state index is -0.400. The maximum absolute atomic E-state index is 11.4. The van der Waals surface area contributed by atoms with Gasteiger partial charge >= 0.3 is 0 Å². The summed E-state index contributed by atoms with van der Waals surface area (Å²) < 4.78 is 0. The largest absolute Gasteiger partial charge is 0.270 e. The zero-order valence-electron chi connectivity index (χ0n) is 20.8. The summed E-state index contributed by atoms with van der Waals surface area (Å²) in [6, 6.07) is 32.8. The normalized spacial score (nSPS) is 14.5. The van der Waals surface area contributed by atoms with E-state index in [4.69, 9.17) is 9.98 Å². The number of hydrogen-bond donors (Lipinski definition) is 0. The Kier molecular flexibility index (Phi) is 5.21. The minimum absolute atomic E-state index is 0.0165. The van der Waals surface area contributed by atoms with E-state index in [9.17, 15) is 20.2 Å². The minimum Gasteiger partial charge on any atom is -0.258 e. The second-order valence-electron chi connectivity index (χ2n) is 9.50. The van der Waals surface area contributed by atoms with E-state index in [1.54, 1.807) is 24.3 Å². The highest BCUT2D eigenvalue weighted by Gasteiger charge is 2.28. The van der Waals surface area contributed by atoms with Gasteiger partial charge in [-0.1, -0.05) is 48.5 Å². The van der Waals surface area contributed by atoms with E-state index in [0.29, 0.717) is 22.8 Å². The molecule has 0 spiro atoms. The predicted molar refractivity (Wildman–Crippen MR) is 154 cm³/mol. The Labute approximate surface area is 227 Å². The molecule has 0 radical (unpaired) electrons. The molecule has 2 aliphatic carbocycles. The molecule has 0 fully saturated rings. The van der Waals surface area contributed by atoms with Crippen LogP contribution in [0.15, 0.2) is 119 Å². The van der Waals surface area contributed by atoms with Crippen molar-refractivity contribution in [1.82, 2.24) is 0 Å². The second-order valence-corrected chi connectivity index (χ2v) is 9.50. The van der Waals surface area contributed by atoms with Gasteiger partial charge in [-0.25, -0.2) is 9.98 Å². The lowest BCUT2D eigenvalue weighted by molar-refractivity contribution is -0.385. The highest BCUT2D eigenvalue weighted by Crippen LogP contribution is 2.41. The number of fused-ring (bicyclic) bond motifs is 6. The fraction of sp³-hybridized carbons (Fsp3) is 0. The van der Waals surface area contributed by atoms with Crippen molar-refractivity contribution in [1.29, 1.82) is 0 Å². The third-order valence-electron chi connectivity index (χ3n) is 7.21. The molecule has 2 aliphatic rings. The number of nitrogens with zero attached hydrogens (tertiary/aromatic N) is 4. The molecular formula is C32H18N4O4. The summed E-state index contributed by atoms with van der Waals surface area (Å²) in [5, 5.41) is 22.9. The molecule has 0 aliphatic heterocycles. The molecule has 0 bridgehead atoms. The van der Waals surface area contributed by atoms with E-state index in [1.165, 1.54) is 12.1 Å². The average molecular weight is 523 g/mol. The van der Waals surface area contributed by atoms with Crippen molar-refractivity contribution in [3.05, 3.63) is 152 Å². The maximum atomic E-state index is 11.4. The summed E-state index contributed by atoms with van der Waals surface area (Å²) in [5.74, 6) is 0. The van der Waals surface area contributed by atoms with E-state index >= 15 is 0 Å². The van der Waals surface area contributed by atoms with Gasteiger partial charge in [0.2, 0.25) is 0 Å². The Balaban J connectivity index is 1.29. The van der Waals surface area contributed by atoms with Gasteiger partial charge < -0.3 is 0 Å². The van der Waals surface area contributed by atoms with E-state index in [2.05, 4.69) is 0 Å². The lowest BCUT2D eigenvalue weighted by Gasteiger charge is -2.05. The molecule has 7 rings (SSSR count). The Hall–Kier alpha value is -5.76. The van der Waals surface area contributed by atoms with Crippen LogP contribution in [0.4, 0.5) is 22.7 Å². The first-order chi connectivity index (χ1) is 19.5. The van der Waals surface area contributed by atoms with Gasteiger partial charge in [0.05, 0.1) is 32.6 Å². The molecule has 0 unspecified atom stereocenters. The first kappa shape index (κ1) is 23.4. The molecule has 5 aromatic rings. The van der Waals surface area contributed by atoms with Crippen LogP contribution in [-0.4, -0.2) is 21.3 Å². The second kappa shape index (κ2) is 8.92. The number of benzene rings is 5. The summed E-state index contributed by atoms with van der Waals surface area (Å²) in [6.45, 7) is 0. The highest BCUT2D eigenvalue weighted by molar-refractivity contribution is 6.26. The molecule has 0 atom stereocenters. The average Bonchev–Trinajstić information content (AvgIpc) is 3.46. The molecule has 8 heteroatoms. The molecular weight excluding hydrogens is 504 g/mol. The highest BCUT2D eigenvalue weighted by atomic mass is 16.6. The summed E-state index contributed by atoms with van der Waals surface area (Å²) in [7, 11) is 0. The van der Waals surface area contributed by atoms with Gasteiger partial charge in [0.25, 0.3) is 11.4 Å². The third-order valence-corrected chi connectivity index (χ3v) is 7.21. The van der Waals surface area contributed by atoms with Crippen LogP contribution in [0.5, 0.6) is 0 Å². The summed E-state index contributed by atoms with van der Waals surface area (Å²) in [6.07, 6.45) is 0. The van der Waals surface area contributed by atoms with Crippen LogP contribution in [0.25, 0.3) is 22.3 Å². The van der Waals surface area contributed by atoms with Crippen molar-refractivity contribution >= 4 is 34.2 Å². The van der Waals surface area contributed by atoms with Crippen molar-refractivity contribution in [2.45, 2.75) is 0 Å². The zero-order valence-corrected chi connectivity index (χ0v) is 20.8. The Bertz CT molecular complexity index is 1820. The van der Waals surface area contributed by atoms with E-state index in [-0.39, 0.29) is 11.4 Å². The number of nitro groups is 2. The fourth-order valence-corrected chi connectivity index (χ4v) is 5.39. The molecule has 40 heavy (non-hydrogen) atoms. The van der Waals surface area contributed by atoms with Crippen LogP contribution in [0.3, 0.4) is 0 Å². The van der Waals surface area contributed by atoms with Gasteiger partial charge in [-0.3, -0.25) is 20.2 Å².